The molecule has 0 aromatic carbocycles. The van der Waals surface area contributed by atoms with E-state index in [1.807, 2.05) is 0 Å². The van der Waals surface area contributed by atoms with E-state index in [0.717, 1.165) is 6.42 Å². The van der Waals surface area contributed by atoms with Gasteiger partial charge >= 0.3 is 0 Å². The van der Waals surface area contributed by atoms with Gasteiger partial charge in [0.05, 0.1) is 6.04 Å². The molecule has 1 saturated heterocycles. The zero-order valence-corrected chi connectivity index (χ0v) is 9.18. The van der Waals surface area contributed by atoms with E-state index in [9.17, 15) is 4.79 Å². The average molecular weight is 193 g/mol. The number of carbonyl (C=O) groups is 1. The maximum Gasteiger partial charge on any atom is 0.146 e. The van der Waals surface area contributed by atoms with Crippen molar-refractivity contribution in [1.29, 1.82) is 0 Å². The molecule has 0 radical (unpaired) electrons. The second kappa shape index (κ2) is 2.41. The summed E-state index contributed by atoms with van der Waals surface area (Å²) in [6, 6.07) is 0.231. The number of nitrogens with zero attached hydrogens (tertiary/aromatic N) is 1. The molecule has 2 atom stereocenters. The van der Waals surface area contributed by atoms with Crippen molar-refractivity contribution in [3.05, 3.63) is 0 Å². The van der Waals surface area contributed by atoms with Crippen LogP contribution in [-0.4, -0.2) is 30.3 Å². The number of hydrogen-bond donors (Lipinski definition) is 0. The zero-order valence-electron chi connectivity index (χ0n) is 9.18. The number of likely N-dealkylation sites (tertiary alicyclic amines) is 1. The molecule has 78 valence electrons. The lowest BCUT2D eigenvalue weighted by molar-refractivity contribution is -0.120. The largest absolute Gasteiger partial charge is 0.298 e. The summed E-state index contributed by atoms with van der Waals surface area (Å²) in [6.07, 6.45) is 6.86. The SMILES string of the molecule is CC(=O)[C@@H]1C[C@]2(CN1C)CC21CCC1. The second-order valence-electron chi connectivity index (χ2n) is 5.84. The first kappa shape index (κ1) is 8.90. The molecule has 0 aromatic heterocycles. The molecule has 2 nitrogen and oxygen atoms in total. The molecule has 3 fully saturated rings. The first-order valence-electron chi connectivity index (χ1n) is 5.79. The Balaban J connectivity index is 1.78. The number of rotatable bonds is 1. The highest BCUT2D eigenvalue weighted by atomic mass is 16.1. The van der Waals surface area contributed by atoms with Crippen LogP contribution < -0.4 is 0 Å². The van der Waals surface area contributed by atoms with Gasteiger partial charge in [0.2, 0.25) is 0 Å². The topological polar surface area (TPSA) is 20.3 Å². The van der Waals surface area contributed by atoms with Crippen LogP contribution in [0.15, 0.2) is 0 Å². The molecular weight excluding hydrogens is 174 g/mol. The molecule has 1 heterocycles. The molecule has 1 aliphatic heterocycles. The molecule has 0 aromatic rings. The second-order valence-corrected chi connectivity index (χ2v) is 5.84. The van der Waals surface area contributed by atoms with Gasteiger partial charge in [-0.25, -0.2) is 0 Å². The van der Waals surface area contributed by atoms with E-state index < -0.39 is 0 Å². The molecule has 2 aliphatic carbocycles. The molecule has 3 rings (SSSR count). The van der Waals surface area contributed by atoms with Crippen LogP contribution >= 0.6 is 0 Å². The minimum atomic E-state index is 0.231. The zero-order chi connectivity index (χ0) is 9.97. The van der Waals surface area contributed by atoms with Crippen LogP contribution in [0.3, 0.4) is 0 Å². The van der Waals surface area contributed by atoms with Gasteiger partial charge in [0.15, 0.2) is 0 Å². The summed E-state index contributed by atoms with van der Waals surface area (Å²) in [7, 11) is 2.12. The standard InChI is InChI=1S/C12H19NO/c1-9(14)10-6-12(8-13(10)2)7-11(12)4-3-5-11/h10H,3-8H2,1-2H3/t10-,12+/m0/s1. The van der Waals surface area contributed by atoms with E-state index in [0.29, 0.717) is 16.6 Å². The highest BCUT2D eigenvalue weighted by molar-refractivity contribution is 5.82. The van der Waals surface area contributed by atoms with Crippen LogP contribution in [-0.2, 0) is 4.79 Å². The third-order valence-corrected chi connectivity index (χ3v) is 5.12. The molecule has 2 heteroatoms. The van der Waals surface area contributed by atoms with Gasteiger partial charge in [0, 0.05) is 6.54 Å². The summed E-state index contributed by atoms with van der Waals surface area (Å²) in [5, 5.41) is 0. The van der Waals surface area contributed by atoms with Crippen molar-refractivity contribution in [2.45, 2.75) is 45.1 Å². The number of hydrogen-bond acceptors (Lipinski definition) is 2. The number of likely N-dealkylation sites (N-methyl/N-ethyl adjacent to an activating group) is 1. The van der Waals surface area contributed by atoms with E-state index >= 15 is 0 Å². The lowest BCUT2D eigenvalue weighted by Gasteiger charge is -2.30. The van der Waals surface area contributed by atoms with E-state index in [2.05, 4.69) is 11.9 Å². The van der Waals surface area contributed by atoms with Gasteiger partial charge in [-0.05, 0) is 50.5 Å². The monoisotopic (exact) mass is 193 g/mol. The van der Waals surface area contributed by atoms with Crippen molar-refractivity contribution in [2.24, 2.45) is 10.8 Å². The van der Waals surface area contributed by atoms with Gasteiger partial charge in [-0.1, -0.05) is 6.42 Å². The van der Waals surface area contributed by atoms with Crippen LogP contribution in [0.25, 0.3) is 0 Å². The third-order valence-electron chi connectivity index (χ3n) is 5.12. The number of Topliss-reactive ketones (excluding diaryl/α,β-unsaturated/α-hetero) is 1. The molecule has 2 spiro atoms. The van der Waals surface area contributed by atoms with Gasteiger partial charge in [0.25, 0.3) is 0 Å². The molecule has 2 saturated carbocycles. The van der Waals surface area contributed by atoms with Gasteiger partial charge in [-0.2, -0.15) is 0 Å². The van der Waals surface area contributed by atoms with Crippen molar-refractivity contribution in [2.75, 3.05) is 13.6 Å². The van der Waals surface area contributed by atoms with Gasteiger partial charge in [-0.3, -0.25) is 9.69 Å². The maximum absolute atomic E-state index is 11.4. The summed E-state index contributed by atoms with van der Waals surface area (Å²) in [4.78, 5) is 13.7. The number of carbonyl (C=O) groups excluding carboxylic acids is 1. The molecule has 0 N–H and O–H groups in total. The number of fused-ring (bicyclic) bond motifs is 1. The van der Waals surface area contributed by atoms with Gasteiger partial charge in [0.1, 0.15) is 5.78 Å². The van der Waals surface area contributed by atoms with Crippen molar-refractivity contribution in [1.82, 2.24) is 4.90 Å². The summed E-state index contributed by atoms with van der Waals surface area (Å²) in [5.74, 6) is 0.366. The molecule has 0 bridgehead atoms. The number of ketones is 1. The van der Waals surface area contributed by atoms with E-state index in [4.69, 9.17) is 0 Å². The molecule has 0 unspecified atom stereocenters. The van der Waals surface area contributed by atoms with E-state index in [1.165, 1.54) is 32.2 Å². The van der Waals surface area contributed by atoms with Crippen LogP contribution in [0, 0.1) is 10.8 Å². The highest BCUT2D eigenvalue weighted by Crippen LogP contribution is 2.77. The fourth-order valence-electron chi connectivity index (χ4n) is 4.06. The van der Waals surface area contributed by atoms with Crippen molar-refractivity contribution in [3.63, 3.8) is 0 Å². The smallest absolute Gasteiger partial charge is 0.146 e. The van der Waals surface area contributed by atoms with Crippen LogP contribution in [0.5, 0.6) is 0 Å². The Morgan fingerprint density at radius 3 is 2.43 bits per heavy atom. The summed E-state index contributed by atoms with van der Waals surface area (Å²) >= 11 is 0. The van der Waals surface area contributed by atoms with Crippen LogP contribution in [0.4, 0.5) is 0 Å². The fraction of sp³-hybridized carbons (Fsp3) is 0.917. The van der Waals surface area contributed by atoms with Crippen LogP contribution in [0.2, 0.25) is 0 Å². The Kier molecular flexibility index (Phi) is 1.53. The normalized spacial score (nSPS) is 44.3. The first-order valence-corrected chi connectivity index (χ1v) is 5.79. The molecular formula is C12H19NO. The lowest BCUT2D eigenvalue weighted by Crippen LogP contribution is -2.31. The van der Waals surface area contributed by atoms with Crippen molar-refractivity contribution < 1.29 is 4.79 Å². The Hall–Kier alpha value is -0.370. The lowest BCUT2D eigenvalue weighted by atomic mass is 9.74. The molecule has 3 aliphatic rings. The summed E-state index contributed by atoms with van der Waals surface area (Å²) in [6.45, 7) is 2.92. The fourth-order valence-corrected chi connectivity index (χ4v) is 4.06. The highest BCUT2D eigenvalue weighted by Gasteiger charge is 2.71. The van der Waals surface area contributed by atoms with E-state index in [-0.39, 0.29) is 6.04 Å². The predicted molar refractivity (Wildman–Crippen MR) is 55.1 cm³/mol. The van der Waals surface area contributed by atoms with E-state index in [1.54, 1.807) is 6.92 Å². The predicted octanol–water partition coefficient (Wildman–Crippen LogP) is 1.84. The van der Waals surface area contributed by atoms with Crippen molar-refractivity contribution >= 4 is 5.78 Å². The molecule has 0 amide bonds. The van der Waals surface area contributed by atoms with Gasteiger partial charge in [-0.15, -0.1) is 0 Å². The first-order chi connectivity index (χ1) is 6.59. The quantitative estimate of drug-likeness (QED) is 0.633. The minimum absolute atomic E-state index is 0.231. The maximum atomic E-state index is 11.4. The van der Waals surface area contributed by atoms with Crippen molar-refractivity contribution in [3.8, 4) is 0 Å². The third kappa shape index (κ3) is 0.881. The minimum Gasteiger partial charge on any atom is -0.298 e. The Labute approximate surface area is 85.7 Å². The average Bonchev–Trinajstić information content (AvgIpc) is 2.56. The Morgan fingerprint density at radius 1 is 1.36 bits per heavy atom. The Morgan fingerprint density at radius 2 is 2.07 bits per heavy atom. The van der Waals surface area contributed by atoms with Gasteiger partial charge < -0.3 is 0 Å². The Bertz CT molecular complexity index is 295. The summed E-state index contributed by atoms with van der Waals surface area (Å²) in [5.41, 5.74) is 1.27. The summed E-state index contributed by atoms with van der Waals surface area (Å²) < 4.78 is 0. The molecule has 14 heavy (non-hydrogen) atoms. The van der Waals surface area contributed by atoms with Crippen LogP contribution in [0.1, 0.15) is 39.0 Å².